The number of rotatable bonds is 5. The SMILES string of the molecule is O=C(NC1CCCCC1)O[C@@H]1CO[C@H]2[C@@H]1OC[C@@H]2n1nnnc1SC1CCCC1. The Balaban J connectivity index is 1.18. The summed E-state index contributed by atoms with van der Waals surface area (Å²) in [6.07, 6.45) is 9.40. The van der Waals surface area contributed by atoms with Crippen molar-refractivity contribution in [2.24, 2.45) is 0 Å². The van der Waals surface area contributed by atoms with E-state index < -0.39 is 6.10 Å². The zero-order valence-electron chi connectivity index (χ0n) is 16.6. The first-order valence-corrected chi connectivity index (χ1v) is 11.8. The molecule has 9 nitrogen and oxygen atoms in total. The first kappa shape index (κ1) is 19.6. The zero-order chi connectivity index (χ0) is 19.6. The molecule has 0 unspecified atom stereocenters. The van der Waals surface area contributed by atoms with Gasteiger partial charge in [0.1, 0.15) is 18.2 Å². The lowest BCUT2D eigenvalue weighted by Gasteiger charge is -2.24. The number of alkyl carbamates (subject to hydrolysis) is 1. The van der Waals surface area contributed by atoms with Gasteiger partial charge in [0.05, 0.1) is 13.2 Å². The molecule has 5 rings (SSSR count). The van der Waals surface area contributed by atoms with Gasteiger partial charge >= 0.3 is 6.09 Å². The number of tetrazole rings is 1. The van der Waals surface area contributed by atoms with Crippen molar-refractivity contribution in [2.75, 3.05) is 13.2 Å². The molecular formula is C19H29N5O4S. The normalized spacial score (nSPS) is 33.1. The molecule has 0 aromatic carbocycles. The molecule has 29 heavy (non-hydrogen) atoms. The maximum atomic E-state index is 12.3. The van der Waals surface area contributed by atoms with Crippen LogP contribution >= 0.6 is 11.8 Å². The van der Waals surface area contributed by atoms with Crippen LogP contribution in [0.15, 0.2) is 5.16 Å². The van der Waals surface area contributed by atoms with E-state index in [1.165, 1.54) is 44.9 Å². The lowest BCUT2D eigenvalue weighted by Crippen LogP contribution is -2.41. The second-order valence-corrected chi connectivity index (χ2v) is 9.78. The third-order valence-electron chi connectivity index (χ3n) is 6.52. The fourth-order valence-corrected chi connectivity index (χ4v) is 6.20. The van der Waals surface area contributed by atoms with Crippen LogP contribution < -0.4 is 5.32 Å². The fraction of sp³-hybridized carbons (Fsp3) is 0.895. The maximum absolute atomic E-state index is 12.3. The van der Waals surface area contributed by atoms with E-state index in [4.69, 9.17) is 14.2 Å². The summed E-state index contributed by atoms with van der Waals surface area (Å²) in [5.41, 5.74) is 0. The van der Waals surface area contributed by atoms with Gasteiger partial charge in [0.25, 0.3) is 0 Å². The molecule has 2 aliphatic carbocycles. The lowest BCUT2D eigenvalue weighted by molar-refractivity contribution is 0.00152. The molecule has 1 aromatic rings. The Kier molecular flexibility index (Phi) is 5.92. The minimum absolute atomic E-state index is 0.0890. The van der Waals surface area contributed by atoms with Crippen molar-refractivity contribution < 1.29 is 19.0 Å². The Morgan fingerprint density at radius 1 is 1.03 bits per heavy atom. The van der Waals surface area contributed by atoms with Gasteiger partial charge in [0, 0.05) is 11.3 Å². The molecule has 0 bridgehead atoms. The Morgan fingerprint density at radius 3 is 2.62 bits per heavy atom. The Bertz CT molecular complexity index is 707. The van der Waals surface area contributed by atoms with E-state index in [-0.39, 0.29) is 30.4 Å². The summed E-state index contributed by atoms with van der Waals surface area (Å²) in [5, 5.41) is 16.8. The number of hydrogen-bond acceptors (Lipinski definition) is 8. The van der Waals surface area contributed by atoms with Crippen LogP contribution in [0, 0.1) is 0 Å². The molecule has 2 saturated carbocycles. The van der Waals surface area contributed by atoms with Crippen molar-refractivity contribution in [3.8, 4) is 0 Å². The number of thioether (sulfide) groups is 1. The number of nitrogens with zero attached hydrogens (tertiary/aromatic N) is 4. The van der Waals surface area contributed by atoms with E-state index in [2.05, 4.69) is 20.8 Å². The van der Waals surface area contributed by atoms with Crippen LogP contribution in [0.3, 0.4) is 0 Å². The van der Waals surface area contributed by atoms with Gasteiger partial charge < -0.3 is 19.5 Å². The van der Waals surface area contributed by atoms with Gasteiger partial charge in [-0.2, -0.15) is 0 Å². The topological polar surface area (TPSA) is 100 Å². The average Bonchev–Trinajstić information content (AvgIpc) is 3.50. The van der Waals surface area contributed by atoms with Gasteiger partial charge in [-0.3, -0.25) is 0 Å². The highest BCUT2D eigenvalue weighted by Crippen LogP contribution is 2.39. The molecule has 4 atom stereocenters. The van der Waals surface area contributed by atoms with Crippen molar-refractivity contribution in [3.05, 3.63) is 0 Å². The van der Waals surface area contributed by atoms with E-state index in [1.807, 2.05) is 4.68 Å². The summed E-state index contributed by atoms with van der Waals surface area (Å²) in [7, 11) is 0. The van der Waals surface area contributed by atoms with Crippen LogP contribution in [0.5, 0.6) is 0 Å². The monoisotopic (exact) mass is 423 g/mol. The Hall–Kier alpha value is -1.39. The number of ether oxygens (including phenoxy) is 3. The molecule has 4 aliphatic rings. The highest BCUT2D eigenvalue weighted by atomic mass is 32.2. The van der Waals surface area contributed by atoms with Crippen molar-refractivity contribution in [3.63, 3.8) is 0 Å². The minimum Gasteiger partial charge on any atom is -0.441 e. The summed E-state index contributed by atoms with van der Waals surface area (Å²) in [4.78, 5) is 12.3. The number of fused-ring (bicyclic) bond motifs is 1. The van der Waals surface area contributed by atoms with Crippen LogP contribution in [0.1, 0.15) is 63.8 Å². The largest absolute Gasteiger partial charge is 0.441 e. The Morgan fingerprint density at radius 2 is 1.79 bits per heavy atom. The predicted molar refractivity (Wildman–Crippen MR) is 105 cm³/mol. The number of nitrogens with one attached hydrogen (secondary N) is 1. The molecule has 160 valence electrons. The van der Waals surface area contributed by atoms with Crippen molar-refractivity contribution >= 4 is 17.9 Å². The molecule has 0 spiro atoms. The highest BCUT2D eigenvalue weighted by Gasteiger charge is 2.51. The molecule has 10 heteroatoms. The number of amides is 1. The molecule has 2 aliphatic heterocycles. The van der Waals surface area contributed by atoms with Gasteiger partial charge in [-0.05, 0) is 36.1 Å². The van der Waals surface area contributed by atoms with Gasteiger partial charge in [-0.1, -0.05) is 43.9 Å². The lowest BCUT2D eigenvalue weighted by atomic mass is 9.96. The van der Waals surface area contributed by atoms with Gasteiger partial charge in [-0.25, -0.2) is 9.48 Å². The molecule has 4 fully saturated rings. The van der Waals surface area contributed by atoms with Gasteiger partial charge in [-0.15, -0.1) is 5.10 Å². The van der Waals surface area contributed by atoms with Crippen LogP contribution in [0.2, 0.25) is 0 Å². The van der Waals surface area contributed by atoms with Crippen molar-refractivity contribution in [2.45, 2.75) is 98.6 Å². The summed E-state index contributed by atoms with van der Waals surface area (Å²) < 4.78 is 19.5. The van der Waals surface area contributed by atoms with E-state index in [9.17, 15) is 4.79 Å². The third-order valence-corrected chi connectivity index (χ3v) is 7.80. The van der Waals surface area contributed by atoms with E-state index in [0.29, 0.717) is 18.5 Å². The fourth-order valence-electron chi connectivity index (χ4n) is 4.97. The number of aromatic nitrogens is 4. The molecule has 1 aromatic heterocycles. The Labute approximate surface area is 174 Å². The second-order valence-electron chi connectivity index (χ2n) is 8.52. The van der Waals surface area contributed by atoms with Crippen LogP contribution in [0.25, 0.3) is 0 Å². The van der Waals surface area contributed by atoms with Gasteiger partial charge in [0.15, 0.2) is 6.10 Å². The smallest absolute Gasteiger partial charge is 0.407 e. The summed E-state index contributed by atoms with van der Waals surface area (Å²) >= 11 is 1.76. The molecule has 0 radical (unpaired) electrons. The van der Waals surface area contributed by atoms with Crippen LogP contribution in [0.4, 0.5) is 4.79 Å². The molecule has 1 amide bonds. The number of carbonyl (C=O) groups is 1. The van der Waals surface area contributed by atoms with Crippen LogP contribution in [-0.4, -0.2) is 69.1 Å². The predicted octanol–water partition coefficient (Wildman–Crippen LogP) is 2.47. The van der Waals surface area contributed by atoms with Crippen LogP contribution in [-0.2, 0) is 14.2 Å². The highest BCUT2D eigenvalue weighted by molar-refractivity contribution is 7.99. The minimum atomic E-state index is -0.393. The van der Waals surface area contributed by atoms with Crippen molar-refractivity contribution in [1.82, 2.24) is 25.5 Å². The zero-order valence-corrected chi connectivity index (χ0v) is 17.4. The standard InChI is InChI=1S/C19H29N5O4S/c25-19(20-12-6-2-1-3-7-12)28-15-11-27-16-14(10-26-17(15)16)24-18(21-22-23-24)29-13-8-4-5-9-13/h12-17H,1-11H2,(H,20,25)/t14-,15+,16+,17+/m0/s1. The average molecular weight is 424 g/mol. The molecule has 2 saturated heterocycles. The summed E-state index contributed by atoms with van der Waals surface area (Å²) in [6, 6.07) is 0.136. The molecule has 3 heterocycles. The van der Waals surface area contributed by atoms with E-state index in [0.717, 1.165) is 18.0 Å². The van der Waals surface area contributed by atoms with Crippen molar-refractivity contribution in [1.29, 1.82) is 0 Å². The first-order chi connectivity index (χ1) is 14.3. The third kappa shape index (κ3) is 4.25. The second kappa shape index (κ2) is 8.77. The van der Waals surface area contributed by atoms with E-state index >= 15 is 0 Å². The first-order valence-electron chi connectivity index (χ1n) is 10.9. The molecular weight excluding hydrogens is 394 g/mol. The van der Waals surface area contributed by atoms with E-state index in [1.54, 1.807) is 11.8 Å². The summed E-state index contributed by atoms with van der Waals surface area (Å²) in [5.74, 6) is 0. The summed E-state index contributed by atoms with van der Waals surface area (Å²) in [6.45, 7) is 0.805. The number of carbonyl (C=O) groups excluding carboxylic acids is 1. The molecule has 1 N–H and O–H groups in total. The van der Waals surface area contributed by atoms with Gasteiger partial charge in [0.2, 0.25) is 5.16 Å². The number of hydrogen-bond donors (Lipinski definition) is 1. The maximum Gasteiger partial charge on any atom is 0.407 e. The quantitative estimate of drug-likeness (QED) is 0.771.